The third-order valence-electron chi connectivity index (χ3n) is 4.09. The number of amides is 2. The molecule has 0 atom stereocenters. The number of para-hydroxylation sites is 1. The van der Waals surface area contributed by atoms with Crippen LogP contribution in [0.3, 0.4) is 0 Å². The molecule has 1 fully saturated rings. The number of hydrogen-bond donors (Lipinski definition) is 2. The highest BCUT2D eigenvalue weighted by Gasteiger charge is 2.35. The third kappa shape index (κ3) is 5.78. The molecular weight excluding hydrogens is 358 g/mol. The molecule has 4 nitrogen and oxygen atoms in total. The number of carbonyl (C=O) groups excluding carboxylic acids is 1. The summed E-state index contributed by atoms with van der Waals surface area (Å²) in [7, 11) is 0. The van der Waals surface area contributed by atoms with Gasteiger partial charge in [0.05, 0.1) is 11.3 Å². The predicted molar refractivity (Wildman–Crippen MR) is 91.4 cm³/mol. The van der Waals surface area contributed by atoms with Crippen LogP contribution >= 0.6 is 11.8 Å². The molecule has 0 unspecified atom stereocenters. The molecule has 0 radical (unpaired) electrons. The smallest absolute Gasteiger partial charge is 0.335 e. The first-order valence-corrected chi connectivity index (χ1v) is 9.35. The monoisotopic (exact) mass is 379 g/mol. The van der Waals surface area contributed by atoms with Crippen molar-refractivity contribution in [3.05, 3.63) is 29.6 Å². The summed E-state index contributed by atoms with van der Waals surface area (Å²) >= 11 is 1.76. The van der Waals surface area contributed by atoms with Crippen molar-refractivity contribution in [2.75, 3.05) is 37.0 Å². The van der Waals surface area contributed by atoms with E-state index in [9.17, 15) is 22.4 Å². The fourth-order valence-electron chi connectivity index (χ4n) is 2.74. The van der Waals surface area contributed by atoms with Crippen LogP contribution in [-0.4, -0.2) is 48.6 Å². The molecular formula is C16H21F4N3OS. The lowest BCUT2D eigenvalue weighted by molar-refractivity contribution is -0.137. The van der Waals surface area contributed by atoms with Crippen LogP contribution in [0.5, 0.6) is 0 Å². The Bertz CT molecular complexity index is 589. The van der Waals surface area contributed by atoms with E-state index in [-0.39, 0.29) is 6.04 Å². The Labute approximate surface area is 148 Å². The van der Waals surface area contributed by atoms with E-state index in [4.69, 9.17) is 0 Å². The van der Waals surface area contributed by atoms with Gasteiger partial charge in [-0.25, -0.2) is 9.18 Å². The van der Waals surface area contributed by atoms with Crippen molar-refractivity contribution in [1.29, 1.82) is 0 Å². The molecule has 1 aromatic rings. The second kappa shape index (κ2) is 8.75. The average molecular weight is 379 g/mol. The molecule has 1 saturated heterocycles. The zero-order chi connectivity index (χ0) is 18.4. The summed E-state index contributed by atoms with van der Waals surface area (Å²) in [5.41, 5.74) is -2.04. The average Bonchev–Trinajstić information content (AvgIpc) is 2.55. The van der Waals surface area contributed by atoms with Gasteiger partial charge in [-0.15, -0.1) is 0 Å². The predicted octanol–water partition coefficient (Wildman–Crippen LogP) is 3.79. The van der Waals surface area contributed by atoms with E-state index in [1.165, 1.54) is 0 Å². The molecule has 140 valence electrons. The lowest BCUT2D eigenvalue weighted by atomic mass is 10.1. The quantitative estimate of drug-likeness (QED) is 0.765. The first kappa shape index (κ1) is 19.8. The topological polar surface area (TPSA) is 44.4 Å². The van der Waals surface area contributed by atoms with Gasteiger partial charge in [0.25, 0.3) is 0 Å². The molecule has 1 aliphatic rings. The molecule has 0 aliphatic carbocycles. The molecule has 0 spiro atoms. The van der Waals surface area contributed by atoms with E-state index < -0.39 is 29.3 Å². The summed E-state index contributed by atoms with van der Waals surface area (Å²) in [6, 6.07) is 1.63. The number of likely N-dealkylation sites (tertiary alicyclic amines) is 1. The van der Waals surface area contributed by atoms with Gasteiger partial charge in [-0.3, -0.25) is 0 Å². The molecule has 1 aromatic carbocycles. The number of alkyl halides is 3. The molecule has 25 heavy (non-hydrogen) atoms. The van der Waals surface area contributed by atoms with Crippen molar-refractivity contribution in [3.63, 3.8) is 0 Å². The Morgan fingerprint density at radius 3 is 2.60 bits per heavy atom. The van der Waals surface area contributed by atoms with E-state index in [1.54, 1.807) is 11.8 Å². The number of halogens is 4. The van der Waals surface area contributed by atoms with Crippen LogP contribution < -0.4 is 10.6 Å². The van der Waals surface area contributed by atoms with Gasteiger partial charge >= 0.3 is 12.2 Å². The first-order chi connectivity index (χ1) is 11.8. The summed E-state index contributed by atoms with van der Waals surface area (Å²) in [5, 5.41) is 4.65. The van der Waals surface area contributed by atoms with E-state index in [0.29, 0.717) is 12.8 Å². The second-order valence-electron chi connectivity index (χ2n) is 5.87. The highest BCUT2D eigenvalue weighted by molar-refractivity contribution is 7.98. The Kier molecular flexibility index (Phi) is 6.95. The maximum atomic E-state index is 13.7. The van der Waals surface area contributed by atoms with Crippen LogP contribution in [0.4, 0.5) is 28.0 Å². The van der Waals surface area contributed by atoms with Crippen molar-refractivity contribution >= 4 is 23.5 Å². The van der Waals surface area contributed by atoms with Gasteiger partial charge in [0.2, 0.25) is 0 Å². The summed E-state index contributed by atoms with van der Waals surface area (Å²) < 4.78 is 52.5. The molecule has 0 saturated carbocycles. The minimum atomic E-state index is -4.74. The number of thioether (sulfide) groups is 1. The molecule has 1 aliphatic heterocycles. The standard InChI is InChI=1S/C16H21F4N3OS/c1-25-10-9-23-7-5-11(6-8-23)21-15(24)22-14-12(16(18,19)20)3-2-4-13(14)17/h2-4,11H,5-10H2,1H3,(H2,21,22,24). The number of urea groups is 1. The van der Waals surface area contributed by atoms with Gasteiger partial charge in [0, 0.05) is 31.4 Å². The molecule has 2 rings (SSSR count). The Hall–Kier alpha value is -1.48. The Balaban J connectivity index is 1.92. The van der Waals surface area contributed by atoms with Gasteiger partial charge in [-0.05, 0) is 31.2 Å². The lowest BCUT2D eigenvalue weighted by Gasteiger charge is -2.32. The number of benzene rings is 1. The zero-order valence-corrected chi connectivity index (χ0v) is 14.6. The summed E-state index contributed by atoms with van der Waals surface area (Å²) in [6.45, 7) is 2.61. The second-order valence-corrected chi connectivity index (χ2v) is 6.85. The van der Waals surface area contributed by atoms with E-state index in [2.05, 4.69) is 10.2 Å². The number of nitrogens with zero attached hydrogens (tertiary/aromatic N) is 1. The van der Waals surface area contributed by atoms with Crippen molar-refractivity contribution in [1.82, 2.24) is 10.2 Å². The minimum Gasteiger partial charge on any atom is -0.335 e. The number of rotatable bonds is 5. The highest BCUT2D eigenvalue weighted by Crippen LogP contribution is 2.36. The molecule has 9 heteroatoms. The van der Waals surface area contributed by atoms with Crippen LogP contribution in [0.15, 0.2) is 18.2 Å². The summed E-state index contributed by atoms with van der Waals surface area (Å²) in [4.78, 5) is 14.3. The van der Waals surface area contributed by atoms with Crippen LogP contribution in [0, 0.1) is 5.82 Å². The number of piperidine rings is 1. The van der Waals surface area contributed by atoms with E-state index in [1.807, 2.05) is 11.6 Å². The van der Waals surface area contributed by atoms with E-state index >= 15 is 0 Å². The first-order valence-electron chi connectivity index (χ1n) is 7.95. The highest BCUT2D eigenvalue weighted by atomic mass is 32.2. The molecule has 2 N–H and O–H groups in total. The van der Waals surface area contributed by atoms with Crippen LogP contribution in [0.2, 0.25) is 0 Å². The Morgan fingerprint density at radius 1 is 1.32 bits per heavy atom. The van der Waals surface area contributed by atoms with Gasteiger partial charge in [0.15, 0.2) is 0 Å². The lowest BCUT2D eigenvalue weighted by Crippen LogP contribution is -2.46. The van der Waals surface area contributed by atoms with Crippen molar-refractivity contribution < 1.29 is 22.4 Å². The maximum absolute atomic E-state index is 13.7. The van der Waals surface area contributed by atoms with E-state index in [0.717, 1.165) is 43.6 Å². The fraction of sp³-hybridized carbons (Fsp3) is 0.562. The SMILES string of the molecule is CSCCN1CCC(NC(=O)Nc2c(F)cccc2C(F)(F)F)CC1. The molecule has 1 heterocycles. The van der Waals surface area contributed by atoms with Gasteiger partial charge in [-0.2, -0.15) is 24.9 Å². The third-order valence-corrected chi connectivity index (χ3v) is 4.68. The number of hydrogen-bond acceptors (Lipinski definition) is 3. The van der Waals surface area contributed by atoms with Gasteiger partial charge < -0.3 is 15.5 Å². The normalized spacial score (nSPS) is 16.7. The zero-order valence-electron chi connectivity index (χ0n) is 13.8. The number of nitrogens with one attached hydrogen (secondary N) is 2. The number of carbonyl (C=O) groups is 1. The number of anilines is 1. The largest absolute Gasteiger partial charge is 0.418 e. The van der Waals surface area contributed by atoms with Gasteiger partial charge in [0.1, 0.15) is 5.82 Å². The van der Waals surface area contributed by atoms with Gasteiger partial charge in [-0.1, -0.05) is 6.07 Å². The van der Waals surface area contributed by atoms with Crippen LogP contribution in [-0.2, 0) is 6.18 Å². The maximum Gasteiger partial charge on any atom is 0.418 e. The van der Waals surface area contributed by atoms with Crippen molar-refractivity contribution in [3.8, 4) is 0 Å². The molecule has 0 aromatic heterocycles. The summed E-state index contributed by atoms with van der Waals surface area (Å²) in [6.07, 6.45) is -1.28. The fourth-order valence-corrected chi connectivity index (χ4v) is 3.18. The van der Waals surface area contributed by atoms with Crippen LogP contribution in [0.25, 0.3) is 0 Å². The molecule has 0 bridgehead atoms. The van der Waals surface area contributed by atoms with Crippen molar-refractivity contribution in [2.24, 2.45) is 0 Å². The molecule has 2 amide bonds. The Morgan fingerprint density at radius 2 is 2.00 bits per heavy atom. The van der Waals surface area contributed by atoms with Crippen LogP contribution in [0.1, 0.15) is 18.4 Å². The summed E-state index contributed by atoms with van der Waals surface area (Å²) in [5.74, 6) is -0.0802. The minimum absolute atomic E-state index is 0.133. The van der Waals surface area contributed by atoms with Crippen molar-refractivity contribution in [2.45, 2.75) is 25.1 Å².